The molecule has 3 aromatic carbocycles. The predicted octanol–water partition coefficient (Wildman–Crippen LogP) is 6.10. The molecular formula is C29H36ClN5O2S. The maximum atomic E-state index is 13.5. The molecule has 0 radical (unpaired) electrons. The van der Waals surface area contributed by atoms with E-state index in [9.17, 15) is 8.42 Å². The molecule has 1 aliphatic rings. The average molecular weight is 554 g/mol. The fourth-order valence-electron chi connectivity index (χ4n) is 5.66. The van der Waals surface area contributed by atoms with Gasteiger partial charge in [-0.25, -0.2) is 17.7 Å². The van der Waals surface area contributed by atoms with Gasteiger partial charge in [-0.3, -0.25) is 0 Å². The Bertz CT molecular complexity index is 1530. The molecule has 1 aliphatic carbocycles. The number of nitrogen functional groups attached to an aromatic ring is 1. The molecule has 1 heterocycles. The van der Waals surface area contributed by atoms with Crippen molar-refractivity contribution in [3.05, 3.63) is 66.7 Å². The van der Waals surface area contributed by atoms with E-state index in [1.165, 1.54) is 4.31 Å². The lowest BCUT2D eigenvalue weighted by molar-refractivity contribution is 0.195. The summed E-state index contributed by atoms with van der Waals surface area (Å²) in [6.07, 6.45) is 3.98. The van der Waals surface area contributed by atoms with Crippen molar-refractivity contribution in [3.8, 4) is 0 Å². The fraction of sp³-hybridized carbons (Fsp3) is 0.379. The van der Waals surface area contributed by atoms with E-state index in [2.05, 4.69) is 29.1 Å². The largest absolute Gasteiger partial charge is 0.383 e. The Morgan fingerprint density at radius 3 is 2.29 bits per heavy atom. The van der Waals surface area contributed by atoms with Gasteiger partial charge in [-0.1, -0.05) is 48.5 Å². The number of nitrogens with one attached hydrogen (secondary N) is 1. The Hall–Kier alpha value is -2.94. The third-order valence-corrected chi connectivity index (χ3v) is 9.77. The van der Waals surface area contributed by atoms with E-state index in [0.717, 1.165) is 47.4 Å². The Kier molecular flexibility index (Phi) is 8.16. The van der Waals surface area contributed by atoms with Crippen LogP contribution >= 0.6 is 12.4 Å². The van der Waals surface area contributed by atoms with Gasteiger partial charge in [-0.05, 0) is 75.0 Å². The average Bonchev–Trinajstić information content (AvgIpc) is 2.88. The van der Waals surface area contributed by atoms with Gasteiger partial charge in [0.15, 0.2) is 0 Å². The van der Waals surface area contributed by atoms with Crippen LogP contribution in [0.4, 0.5) is 11.8 Å². The lowest BCUT2D eigenvalue weighted by Crippen LogP contribution is -2.43. The van der Waals surface area contributed by atoms with Gasteiger partial charge < -0.3 is 11.1 Å². The Morgan fingerprint density at radius 2 is 1.55 bits per heavy atom. The summed E-state index contributed by atoms with van der Waals surface area (Å²) in [7, 11) is -1.87. The molecule has 202 valence electrons. The molecule has 3 N–H and O–H groups in total. The van der Waals surface area contributed by atoms with Crippen LogP contribution in [0, 0.1) is 11.8 Å². The zero-order valence-electron chi connectivity index (χ0n) is 22.1. The predicted molar refractivity (Wildman–Crippen MR) is 158 cm³/mol. The van der Waals surface area contributed by atoms with Crippen LogP contribution in [-0.2, 0) is 10.0 Å². The molecule has 1 aromatic heterocycles. The number of anilines is 2. The summed E-state index contributed by atoms with van der Waals surface area (Å²) in [6.45, 7) is 4.89. The smallest absolute Gasteiger partial charge is 0.243 e. The number of nitrogens with zero attached hydrogens (tertiary/aromatic N) is 3. The van der Waals surface area contributed by atoms with E-state index in [0.29, 0.717) is 35.0 Å². The molecule has 1 saturated carbocycles. The topological polar surface area (TPSA) is 101 Å². The molecule has 0 amide bonds. The normalized spacial score (nSPS) is 18.4. The van der Waals surface area contributed by atoms with Gasteiger partial charge in [0.05, 0.1) is 10.4 Å². The first-order valence-electron chi connectivity index (χ1n) is 12.9. The second kappa shape index (κ2) is 11.0. The van der Waals surface area contributed by atoms with Crippen molar-refractivity contribution in [3.63, 3.8) is 0 Å². The molecule has 5 rings (SSSR count). The summed E-state index contributed by atoms with van der Waals surface area (Å²) < 4.78 is 28.5. The molecule has 9 heteroatoms. The number of benzene rings is 3. The number of rotatable bonds is 7. The summed E-state index contributed by atoms with van der Waals surface area (Å²) in [6, 6.07) is 20.9. The monoisotopic (exact) mass is 553 g/mol. The third-order valence-electron chi connectivity index (χ3n) is 7.89. The molecular weight excluding hydrogens is 518 g/mol. The van der Waals surface area contributed by atoms with Crippen LogP contribution < -0.4 is 11.1 Å². The van der Waals surface area contributed by atoms with Crippen LogP contribution in [0.1, 0.15) is 39.5 Å². The van der Waals surface area contributed by atoms with Gasteiger partial charge in [0.25, 0.3) is 0 Å². The lowest BCUT2D eigenvalue weighted by Gasteiger charge is -2.40. The Balaban J connectivity index is 0.00000336. The van der Waals surface area contributed by atoms with Crippen LogP contribution in [0.3, 0.4) is 0 Å². The minimum Gasteiger partial charge on any atom is -0.383 e. The highest BCUT2D eigenvalue weighted by molar-refractivity contribution is 7.89. The second-order valence-corrected chi connectivity index (χ2v) is 12.8. The molecule has 0 spiro atoms. The summed E-state index contributed by atoms with van der Waals surface area (Å²) in [5.41, 5.74) is 6.79. The molecule has 38 heavy (non-hydrogen) atoms. The standard InChI is InChI=1S/C29H35N5O2S.ClH/c1-29(2,33-28-31-25-13-7-6-12-24(25)27(30)32-28)22-17-15-20(16-18-22)19-34(3)37(35,36)26-14-8-10-21-9-4-5-11-23(21)26;/h4-14,20,22H,15-19H2,1-3H3,(H3,30,31,32,33);1H. The molecule has 0 unspecified atom stereocenters. The number of para-hydroxylation sites is 1. The molecule has 0 atom stereocenters. The minimum absolute atomic E-state index is 0. The third kappa shape index (κ3) is 5.58. The van der Waals surface area contributed by atoms with E-state index in [1.807, 2.05) is 60.7 Å². The van der Waals surface area contributed by atoms with E-state index in [4.69, 9.17) is 5.73 Å². The van der Waals surface area contributed by atoms with Crippen molar-refractivity contribution in [1.29, 1.82) is 0 Å². The van der Waals surface area contributed by atoms with Gasteiger partial charge >= 0.3 is 0 Å². The van der Waals surface area contributed by atoms with Crippen LogP contribution in [0.25, 0.3) is 21.7 Å². The number of fused-ring (bicyclic) bond motifs is 2. The first-order chi connectivity index (χ1) is 17.6. The Morgan fingerprint density at radius 1 is 0.921 bits per heavy atom. The van der Waals surface area contributed by atoms with Gasteiger partial charge in [0, 0.05) is 29.9 Å². The number of halogens is 1. The van der Waals surface area contributed by atoms with Gasteiger partial charge in [0.1, 0.15) is 5.82 Å². The zero-order valence-corrected chi connectivity index (χ0v) is 23.7. The van der Waals surface area contributed by atoms with E-state index < -0.39 is 10.0 Å². The molecule has 7 nitrogen and oxygen atoms in total. The SMILES string of the molecule is CN(CC1CCC(C(C)(C)Nc2nc(N)c3ccccc3n2)CC1)S(=O)(=O)c1cccc2ccccc12.Cl. The fourth-order valence-corrected chi connectivity index (χ4v) is 7.12. The van der Waals surface area contributed by atoms with Crippen molar-refractivity contribution >= 4 is 55.9 Å². The summed E-state index contributed by atoms with van der Waals surface area (Å²) >= 11 is 0. The first-order valence-corrected chi connectivity index (χ1v) is 14.3. The molecule has 0 aliphatic heterocycles. The Labute approximate surface area is 231 Å². The zero-order chi connectivity index (χ0) is 26.2. The van der Waals surface area contributed by atoms with Crippen molar-refractivity contribution < 1.29 is 8.42 Å². The number of sulfonamides is 1. The number of nitrogens with two attached hydrogens (primary N) is 1. The maximum absolute atomic E-state index is 13.5. The summed E-state index contributed by atoms with van der Waals surface area (Å²) in [5, 5.41) is 6.09. The van der Waals surface area contributed by atoms with Gasteiger partial charge in [-0.2, -0.15) is 4.98 Å². The highest BCUT2D eigenvalue weighted by Crippen LogP contribution is 2.38. The number of hydrogen-bond acceptors (Lipinski definition) is 6. The van der Waals surface area contributed by atoms with Crippen molar-refractivity contribution in [2.24, 2.45) is 11.8 Å². The van der Waals surface area contributed by atoms with Crippen LogP contribution in [-0.4, -0.2) is 41.8 Å². The van der Waals surface area contributed by atoms with Crippen LogP contribution in [0.15, 0.2) is 71.6 Å². The highest BCUT2D eigenvalue weighted by atomic mass is 35.5. The van der Waals surface area contributed by atoms with Gasteiger partial charge in [-0.15, -0.1) is 12.4 Å². The number of aromatic nitrogens is 2. The van der Waals surface area contributed by atoms with Crippen molar-refractivity contribution in [1.82, 2.24) is 14.3 Å². The molecule has 4 aromatic rings. The van der Waals surface area contributed by atoms with E-state index >= 15 is 0 Å². The second-order valence-electron chi connectivity index (χ2n) is 10.8. The van der Waals surface area contributed by atoms with Crippen LogP contribution in [0.2, 0.25) is 0 Å². The van der Waals surface area contributed by atoms with Crippen molar-refractivity contribution in [2.75, 3.05) is 24.6 Å². The first kappa shape index (κ1) is 28.1. The van der Waals surface area contributed by atoms with Crippen molar-refractivity contribution in [2.45, 2.75) is 50.0 Å². The highest BCUT2D eigenvalue weighted by Gasteiger charge is 2.35. The molecule has 0 saturated heterocycles. The molecule has 1 fully saturated rings. The number of hydrogen-bond donors (Lipinski definition) is 2. The van der Waals surface area contributed by atoms with Crippen LogP contribution in [0.5, 0.6) is 0 Å². The molecule has 0 bridgehead atoms. The van der Waals surface area contributed by atoms with E-state index in [1.54, 1.807) is 13.1 Å². The maximum Gasteiger partial charge on any atom is 0.243 e. The van der Waals surface area contributed by atoms with Gasteiger partial charge in [0.2, 0.25) is 16.0 Å². The minimum atomic E-state index is -3.58. The van der Waals surface area contributed by atoms with E-state index in [-0.39, 0.29) is 17.9 Å². The summed E-state index contributed by atoms with van der Waals surface area (Å²) in [5.74, 6) is 1.77. The lowest BCUT2D eigenvalue weighted by atomic mass is 9.73. The quantitative estimate of drug-likeness (QED) is 0.286. The summed E-state index contributed by atoms with van der Waals surface area (Å²) in [4.78, 5) is 9.54.